The molecule has 128 valence electrons. The zero-order valence-corrected chi connectivity index (χ0v) is 15.0. The number of thiophene rings is 1. The van der Waals surface area contributed by atoms with Crippen LogP contribution >= 0.6 is 11.3 Å². The van der Waals surface area contributed by atoms with Gasteiger partial charge in [0.25, 0.3) is 5.91 Å². The summed E-state index contributed by atoms with van der Waals surface area (Å²) in [5.41, 5.74) is 1.18. The summed E-state index contributed by atoms with van der Waals surface area (Å²) in [6.07, 6.45) is 4.13. The van der Waals surface area contributed by atoms with Crippen molar-refractivity contribution in [1.82, 2.24) is 10.3 Å². The van der Waals surface area contributed by atoms with Crippen LogP contribution in [0.15, 0.2) is 29.9 Å². The number of carbonyl (C=O) groups excluding carboxylic acids is 1. The lowest BCUT2D eigenvalue weighted by molar-refractivity contribution is -0.0425. The highest BCUT2D eigenvalue weighted by Gasteiger charge is 2.34. The highest BCUT2D eigenvalue weighted by Crippen LogP contribution is 2.35. The van der Waals surface area contributed by atoms with E-state index in [0.717, 1.165) is 6.42 Å². The summed E-state index contributed by atoms with van der Waals surface area (Å²) in [6.45, 7) is 7.00. The van der Waals surface area contributed by atoms with E-state index in [-0.39, 0.29) is 12.0 Å². The van der Waals surface area contributed by atoms with Gasteiger partial charge in [0.05, 0.1) is 31.0 Å². The van der Waals surface area contributed by atoms with Gasteiger partial charge in [-0.2, -0.15) is 0 Å². The number of hydrogen-bond acceptors (Lipinski definition) is 5. The minimum atomic E-state index is -0.483. The second-order valence-electron chi connectivity index (χ2n) is 6.35. The Kier molecular flexibility index (Phi) is 4.87. The molecule has 2 aromatic rings. The van der Waals surface area contributed by atoms with E-state index in [2.05, 4.69) is 21.7 Å². The maximum Gasteiger partial charge on any atom is 0.253 e. The third-order valence-corrected chi connectivity index (χ3v) is 4.98. The van der Waals surface area contributed by atoms with Crippen molar-refractivity contribution < 1.29 is 14.3 Å². The molecule has 0 radical (unpaired) electrons. The van der Waals surface area contributed by atoms with Gasteiger partial charge in [-0.1, -0.05) is 0 Å². The van der Waals surface area contributed by atoms with Gasteiger partial charge < -0.3 is 14.8 Å². The van der Waals surface area contributed by atoms with Crippen LogP contribution in [0, 0.1) is 0 Å². The molecule has 1 N–H and O–H groups in total. The fraction of sp³-hybridized carbons (Fsp3) is 0.444. The Balaban J connectivity index is 1.68. The molecule has 0 aromatic carbocycles. The first-order chi connectivity index (χ1) is 11.5. The minimum absolute atomic E-state index is 0.0386. The molecule has 0 spiro atoms. The van der Waals surface area contributed by atoms with Crippen LogP contribution in [0.4, 0.5) is 0 Å². The SMILES string of the molecule is CC(C)Oc1cncc(C(=O)NCC2(C)OCCc3sccc32)c1. The highest BCUT2D eigenvalue weighted by molar-refractivity contribution is 7.10. The quantitative estimate of drug-likeness (QED) is 0.903. The maximum absolute atomic E-state index is 12.5. The molecule has 1 aliphatic heterocycles. The number of rotatable bonds is 5. The lowest BCUT2D eigenvalue weighted by Crippen LogP contribution is -2.43. The van der Waals surface area contributed by atoms with Crippen molar-refractivity contribution in [3.63, 3.8) is 0 Å². The van der Waals surface area contributed by atoms with Crippen molar-refractivity contribution in [2.45, 2.75) is 38.9 Å². The highest BCUT2D eigenvalue weighted by atomic mass is 32.1. The first-order valence-electron chi connectivity index (χ1n) is 8.09. The molecule has 3 heterocycles. The van der Waals surface area contributed by atoms with Gasteiger partial charge in [-0.25, -0.2) is 0 Å². The van der Waals surface area contributed by atoms with E-state index < -0.39 is 5.60 Å². The summed E-state index contributed by atoms with van der Waals surface area (Å²) in [5, 5.41) is 5.04. The van der Waals surface area contributed by atoms with Gasteiger partial charge in [-0.3, -0.25) is 9.78 Å². The van der Waals surface area contributed by atoms with E-state index in [1.54, 1.807) is 29.8 Å². The second kappa shape index (κ2) is 6.91. The Hall–Kier alpha value is -1.92. The molecular weight excluding hydrogens is 324 g/mol. The van der Waals surface area contributed by atoms with Crippen LogP contribution < -0.4 is 10.1 Å². The predicted octanol–water partition coefficient (Wildman–Crippen LogP) is 3.15. The Morgan fingerprint density at radius 2 is 2.33 bits per heavy atom. The van der Waals surface area contributed by atoms with Crippen molar-refractivity contribution in [1.29, 1.82) is 0 Å². The largest absolute Gasteiger partial charge is 0.489 e. The zero-order valence-electron chi connectivity index (χ0n) is 14.2. The van der Waals surface area contributed by atoms with Crippen molar-refractivity contribution in [3.05, 3.63) is 45.9 Å². The van der Waals surface area contributed by atoms with E-state index in [4.69, 9.17) is 9.47 Å². The summed E-state index contributed by atoms with van der Waals surface area (Å²) in [6, 6.07) is 3.80. The van der Waals surface area contributed by atoms with Crippen molar-refractivity contribution in [2.75, 3.05) is 13.2 Å². The van der Waals surface area contributed by atoms with Crippen LogP contribution in [0.25, 0.3) is 0 Å². The molecule has 2 aromatic heterocycles. The molecule has 5 nitrogen and oxygen atoms in total. The van der Waals surface area contributed by atoms with Crippen LogP contribution in [0.5, 0.6) is 5.75 Å². The summed E-state index contributed by atoms with van der Waals surface area (Å²) in [7, 11) is 0. The third-order valence-electron chi connectivity index (χ3n) is 4.00. The number of ether oxygens (including phenoxy) is 2. The Morgan fingerprint density at radius 1 is 1.50 bits per heavy atom. The molecule has 0 saturated heterocycles. The standard InChI is InChI=1S/C18H22N2O3S/c1-12(2)23-14-8-13(9-19-10-14)17(21)20-11-18(3)15-5-7-24-16(15)4-6-22-18/h5,7-10,12H,4,6,11H2,1-3H3,(H,20,21). The van der Waals surface area contributed by atoms with Crippen molar-refractivity contribution >= 4 is 17.2 Å². The number of nitrogens with one attached hydrogen (secondary N) is 1. The van der Waals surface area contributed by atoms with Gasteiger partial charge >= 0.3 is 0 Å². The van der Waals surface area contributed by atoms with Crippen LogP contribution in [0.2, 0.25) is 0 Å². The van der Waals surface area contributed by atoms with E-state index in [9.17, 15) is 4.79 Å². The predicted molar refractivity (Wildman–Crippen MR) is 93.7 cm³/mol. The van der Waals surface area contributed by atoms with Gasteiger partial charge in [0.1, 0.15) is 11.4 Å². The molecule has 1 atom stereocenters. The third kappa shape index (κ3) is 3.60. The fourth-order valence-corrected chi connectivity index (χ4v) is 3.81. The monoisotopic (exact) mass is 346 g/mol. The molecule has 3 rings (SSSR count). The number of fused-ring (bicyclic) bond motifs is 1. The number of pyridine rings is 1. The van der Waals surface area contributed by atoms with Crippen LogP contribution in [0.3, 0.4) is 0 Å². The van der Waals surface area contributed by atoms with Gasteiger partial charge in [0.2, 0.25) is 0 Å². The zero-order chi connectivity index (χ0) is 17.2. The van der Waals surface area contributed by atoms with Gasteiger partial charge in [-0.05, 0) is 43.8 Å². The Morgan fingerprint density at radius 3 is 3.12 bits per heavy atom. The number of carbonyl (C=O) groups is 1. The smallest absolute Gasteiger partial charge is 0.253 e. The molecule has 1 unspecified atom stereocenters. The number of nitrogens with zero attached hydrogens (tertiary/aromatic N) is 1. The van der Waals surface area contributed by atoms with Crippen LogP contribution in [-0.4, -0.2) is 30.1 Å². The molecule has 1 aliphatic rings. The fourth-order valence-electron chi connectivity index (χ4n) is 2.83. The molecule has 1 amide bonds. The normalized spacial score (nSPS) is 19.8. The molecule has 0 fully saturated rings. The van der Waals surface area contributed by atoms with Crippen molar-refractivity contribution in [2.24, 2.45) is 0 Å². The van der Waals surface area contributed by atoms with Crippen LogP contribution in [0.1, 0.15) is 41.6 Å². The molecule has 0 aliphatic carbocycles. The average Bonchev–Trinajstić information content (AvgIpc) is 3.03. The van der Waals surface area contributed by atoms with E-state index in [0.29, 0.717) is 24.5 Å². The van der Waals surface area contributed by atoms with E-state index >= 15 is 0 Å². The van der Waals surface area contributed by atoms with Gasteiger partial charge in [0, 0.05) is 17.5 Å². The first kappa shape index (κ1) is 16.9. The number of amides is 1. The average molecular weight is 346 g/mol. The number of hydrogen-bond donors (Lipinski definition) is 1. The molecule has 0 bridgehead atoms. The van der Waals surface area contributed by atoms with Gasteiger partial charge in [0.15, 0.2) is 0 Å². The second-order valence-corrected chi connectivity index (χ2v) is 7.35. The minimum Gasteiger partial charge on any atom is -0.489 e. The summed E-state index contributed by atoms with van der Waals surface area (Å²) < 4.78 is 11.6. The Bertz CT molecular complexity index is 729. The van der Waals surface area contributed by atoms with Crippen LogP contribution in [-0.2, 0) is 16.8 Å². The molecular formula is C18H22N2O3S. The molecule has 0 saturated carbocycles. The van der Waals surface area contributed by atoms with Crippen molar-refractivity contribution in [3.8, 4) is 5.75 Å². The van der Waals surface area contributed by atoms with Gasteiger partial charge in [-0.15, -0.1) is 11.3 Å². The number of aromatic nitrogens is 1. The lowest BCUT2D eigenvalue weighted by atomic mass is 9.93. The summed E-state index contributed by atoms with van der Waals surface area (Å²) in [4.78, 5) is 17.9. The molecule has 6 heteroatoms. The van der Waals surface area contributed by atoms with E-state index in [1.807, 2.05) is 20.8 Å². The maximum atomic E-state index is 12.5. The Labute approximate surface area is 146 Å². The summed E-state index contributed by atoms with van der Waals surface area (Å²) in [5.74, 6) is 0.418. The first-order valence-corrected chi connectivity index (χ1v) is 8.96. The topological polar surface area (TPSA) is 60.5 Å². The molecule has 24 heavy (non-hydrogen) atoms. The summed E-state index contributed by atoms with van der Waals surface area (Å²) >= 11 is 1.75. The lowest BCUT2D eigenvalue weighted by Gasteiger charge is -2.34. The van der Waals surface area contributed by atoms with E-state index in [1.165, 1.54) is 10.4 Å².